The molecule has 5 heteroatoms. The van der Waals surface area contributed by atoms with Gasteiger partial charge in [-0.05, 0) is 42.0 Å². The van der Waals surface area contributed by atoms with Crippen LogP contribution in [-0.2, 0) is 6.42 Å². The van der Waals surface area contributed by atoms with Gasteiger partial charge in [-0.15, -0.1) is 0 Å². The number of hydrogen-bond donors (Lipinski definition) is 1. The smallest absolute Gasteiger partial charge is 0.123 e. The first-order chi connectivity index (χ1) is 10.2. The van der Waals surface area contributed by atoms with E-state index in [1.165, 1.54) is 5.56 Å². The van der Waals surface area contributed by atoms with Crippen molar-refractivity contribution in [3.63, 3.8) is 0 Å². The molecule has 0 amide bonds. The lowest BCUT2D eigenvalue weighted by Crippen LogP contribution is -2.24. The van der Waals surface area contributed by atoms with Crippen LogP contribution in [0.15, 0.2) is 40.9 Å². The zero-order valence-corrected chi connectivity index (χ0v) is 13.4. The zero-order valence-electron chi connectivity index (χ0n) is 11.1. The quantitative estimate of drug-likeness (QED) is 0.879. The molecule has 0 spiro atoms. The van der Waals surface area contributed by atoms with E-state index in [0.29, 0.717) is 17.1 Å². The Morgan fingerprint density at radius 2 is 2.19 bits per heavy atom. The van der Waals surface area contributed by atoms with E-state index < -0.39 is 0 Å². The van der Waals surface area contributed by atoms with Crippen molar-refractivity contribution in [3.8, 4) is 11.8 Å². The van der Waals surface area contributed by atoms with E-state index in [-0.39, 0.29) is 6.10 Å². The topological polar surface area (TPSA) is 45.0 Å². The van der Waals surface area contributed by atoms with Gasteiger partial charge in [-0.1, -0.05) is 27.5 Å². The van der Waals surface area contributed by atoms with Crippen molar-refractivity contribution in [2.24, 2.45) is 0 Å². The molecule has 1 aliphatic heterocycles. The number of halogens is 2. The first-order valence-electron chi connectivity index (χ1n) is 6.54. The number of nitrogens with zero attached hydrogens (tertiary/aromatic N) is 1. The molecule has 2 aromatic rings. The van der Waals surface area contributed by atoms with Crippen LogP contribution in [0.3, 0.4) is 0 Å². The molecule has 106 valence electrons. The summed E-state index contributed by atoms with van der Waals surface area (Å²) < 4.78 is 6.95. The summed E-state index contributed by atoms with van der Waals surface area (Å²) in [6.45, 7) is 0.640. The number of hydrogen-bond acceptors (Lipinski definition) is 3. The summed E-state index contributed by atoms with van der Waals surface area (Å²) in [5.74, 6) is 0.932. The summed E-state index contributed by atoms with van der Waals surface area (Å²) in [7, 11) is 0. The van der Waals surface area contributed by atoms with E-state index in [2.05, 4.69) is 33.4 Å². The van der Waals surface area contributed by atoms with Crippen LogP contribution in [0.5, 0.6) is 5.75 Å². The van der Waals surface area contributed by atoms with Gasteiger partial charge < -0.3 is 10.1 Å². The fourth-order valence-electron chi connectivity index (χ4n) is 2.36. The number of nitrogens with one attached hydrogen (secondary N) is 1. The van der Waals surface area contributed by atoms with Crippen molar-refractivity contribution >= 4 is 33.2 Å². The second kappa shape index (κ2) is 5.97. The van der Waals surface area contributed by atoms with Crippen LogP contribution in [-0.4, -0.2) is 12.6 Å². The third-order valence-corrected chi connectivity index (χ3v) is 4.20. The lowest BCUT2D eigenvalue weighted by Gasteiger charge is -2.14. The molecule has 2 aromatic carbocycles. The van der Waals surface area contributed by atoms with Crippen LogP contribution in [0.25, 0.3) is 0 Å². The van der Waals surface area contributed by atoms with Gasteiger partial charge in [-0.3, -0.25) is 0 Å². The summed E-state index contributed by atoms with van der Waals surface area (Å²) in [4.78, 5) is 0. The fraction of sp³-hybridized carbons (Fsp3) is 0.188. The lowest BCUT2D eigenvalue weighted by molar-refractivity contribution is 0.246. The van der Waals surface area contributed by atoms with E-state index in [1.54, 1.807) is 18.2 Å². The van der Waals surface area contributed by atoms with Crippen LogP contribution in [0.4, 0.5) is 5.69 Å². The molecular weight excluding hydrogens is 352 g/mol. The molecule has 1 heterocycles. The van der Waals surface area contributed by atoms with Gasteiger partial charge in [-0.25, -0.2) is 0 Å². The van der Waals surface area contributed by atoms with Crippen LogP contribution in [0, 0.1) is 11.3 Å². The molecule has 1 N–H and O–H groups in total. The van der Waals surface area contributed by atoms with Gasteiger partial charge in [0.1, 0.15) is 11.9 Å². The van der Waals surface area contributed by atoms with Crippen LogP contribution in [0.2, 0.25) is 5.02 Å². The Morgan fingerprint density at radius 3 is 3.00 bits per heavy atom. The fourth-order valence-corrected chi connectivity index (χ4v) is 2.95. The van der Waals surface area contributed by atoms with Crippen molar-refractivity contribution in [1.29, 1.82) is 5.26 Å². The molecule has 3 rings (SSSR count). The Hall–Kier alpha value is -1.70. The molecule has 1 aliphatic rings. The summed E-state index contributed by atoms with van der Waals surface area (Å²) in [5.41, 5.74) is 2.55. The zero-order chi connectivity index (χ0) is 14.8. The Kier molecular flexibility index (Phi) is 4.05. The minimum Gasteiger partial charge on any atom is -0.488 e. The molecule has 0 aromatic heterocycles. The maximum atomic E-state index is 8.93. The Labute approximate surface area is 136 Å². The predicted octanol–water partition coefficient (Wildman–Crippen LogP) is 4.39. The van der Waals surface area contributed by atoms with Crippen LogP contribution < -0.4 is 10.1 Å². The SMILES string of the molecule is N#Cc1ccc(Cl)c(NCC2Cc3cc(Br)ccc3O2)c1. The predicted molar refractivity (Wildman–Crippen MR) is 86.9 cm³/mol. The molecule has 21 heavy (non-hydrogen) atoms. The van der Waals surface area contributed by atoms with Gasteiger partial charge in [0.25, 0.3) is 0 Å². The normalized spacial score (nSPS) is 16.0. The Balaban J connectivity index is 1.66. The average molecular weight is 364 g/mol. The highest BCUT2D eigenvalue weighted by Crippen LogP contribution is 2.31. The molecule has 0 bridgehead atoms. The van der Waals surface area contributed by atoms with E-state index in [1.807, 2.05) is 12.1 Å². The first kappa shape index (κ1) is 14.2. The maximum absolute atomic E-state index is 8.93. The van der Waals surface area contributed by atoms with Crippen molar-refractivity contribution < 1.29 is 4.74 Å². The number of rotatable bonds is 3. The van der Waals surface area contributed by atoms with Gasteiger partial charge in [-0.2, -0.15) is 5.26 Å². The summed E-state index contributed by atoms with van der Waals surface area (Å²) >= 11 is 9.60. The van der Waals surface area contributed by atoms with Gasteiger partial charge in [0.05, 0.1) is 28.9 Å². The third-order valence-electron chi connectivity index (χ3n) is 3.38. The molecule has 0 fully saturated rings. The molecule has 0 aliphatic carbocycles. The van der Waals surface area contributed by atoms with Gasteiger partial charge in [0.2, 0.25) is 0 Å². The Bertz CT molecular complexity index is 727. The number of anilines is 1. The van der Waals surface area contributed by atoms with Crippen LogP contribution in [0.1, 0.15) is 11.1 Å². The van der Waals surface area contributed by atoms with Crippen molar-refractivity contribution in [3.05, 3.63) is 57.0 Å². The second-order valence-electron chi connectivity index (χ2n) is 4.88. The average Bonchev–Trinajstić information content (AvgIpc) is 2.88. The molecule has 0 saturated heterocycles. The van der Waals surface area contributed by atoms with Crippen molar-refractivity contribution in [1.82, 2.24) is 0 Å². The van der Waals surface area contributed by atoms with Gasteiger partial charge in [0.15, 0.2) is 0 Å². The molecule has 1 atom stereocenters. The third kappa shape index (κ3) is 3.15. The number of benzene rings is 2. The van der Waals surface area contributed by atoms with E-state index in [0.717, 1.165) is 22.3 Å². The molecule has 0 radical (unpaired) electrons. The maximum Gasteiger partial charge on any atom is 0.123 e. The minimum atomic E-state index is 0.0658. The lowest BCUT2D eigenvalue weighted by atomic mass is 10.1. The monoisotopic (exact) mass is 362 g/mol. The largest absolute Gasteiger partial charge is 0.488 e. The molecule has 1 unspecified atom stereocenters. The van der Waals surface area contributed by atoms with Crippen LogP contribution >= 0.6 is 27.5 Å². The van der Waals surface area contributed by atoms with E-state index in [4.69, 9.17) is 21.6 Å². The minimum absolute atomic E-state index is 0.0658. The summed E-state index contributed by atoms with van der Waals surface area (Å²) in [6, 6.07) is 13.3. The molecule has 0 saturated carbocycles. The second-order valence-corrected chi connectivity index (χ2v) is 6.21. The van der Waals surface area contributed by atoms with Gasteiger partial charge in [0, 0.05) is 10.9 Å². The molecular formula is C16H12BrClN2O. The van der Waals surface area contributed by atoms with E-state index in [9.17, 15) is 0 Å². The number of ether oxygens (including phenoxy) is 1. The number of fused-ring (bicyclic) bond motifs is 1. The van der Waals surface area contributed by atoms with Gasteiger partial charge >= 0.3 is 0 Å². The van der Waals surface area contributed by atoms with Crippen molar-refractivity contribution in [2.75, 3.05) is 11.9 Å². The van der Waals surface area contributed by atoms with E-state index >= 15 is 0 Å². The highest BCUT2D eigenvalue weighted by molar-refractivity contribution is 9.10. The molecule has 3 nitrogen and oxygen atoms in total. The highest BCUT2D eigenvalue weighted by Gasteiger charge is 2.22. The first-order valence-corrected chi connectivity index (χ1v) is 7.71. The Morgan fingerprint density at radius 1 is 1.33 bits per heavy atom. The number of nitriles is 1. The van der Waals surface area contributed by atoms with Crippen molar-refractivity contribution in [2.45, 2.75) is 12.5 Å². The summed E-state index contributed by atoms with van der Waals surface area (Å²) in [5, 5.41) is 12.8. The highest BCUT2D eigenvalue weighted by atomic mass is 79.9. The summed E-state index contributed by atoms with van der Waals surface area (Å²) in [6.07, 6.45) is 0.924. The standard InChI is InChI=1S/C16H12BrClN2O/c17-12-2-4-16-11(6-12)7-13(21-16)9-20-15-5-10(8-19)1-3-14(15)18/h1-6,13,20H,7,9H2.